The summed E-state index contributed by atoms with van der Waals surface area (Å²) in [7, 11) is 0. The Morgan fingerprint density at radius 1 is 1.00 bits per heavy atom. The molecule has 2 heterocycles. The van der Waals surface area contributed by atoms with E-state index in [2.05, 4.69) is 21.0 Å². The summed E-state index contributed by atoms with van der Waals surface area (Å²) < 4.78 is 0. The van der Waals surface area contributed by atoms with Gasteiger partial charge in [-0.1, -0.05) is 54.2 Å². The third-order valence-corrected chi connectivity index (χ3v) is 5.02. The SMILES string of the molecule is N#Cc1c(SCC(=O)c2ccccc2)nc2nc3ccccc3nc2c1N. The first kappa shape index (κ1) is 16.9. The van der Waals surface area contributed by atoms with Crippen LogP contribution in [0.15, 0.2) is 59.6 Å². The summed E-state index contributed by atoms with van der Waals surface area (Å²) in [5.74, 6) is 0.104. The van der Waals surface area contributed by atoms with Crippen molar-refractivity contribution in [2.75, 3.05) is 11.5 Å². The van der Waals surface area contributed by atoms with Gasteiger partial charge in [0.2, 0.25) is 0 Å². The van der Waals surface area contributed by atoms with Crippen LogP contribution >= 0.6 is 11.8 Å². The van der Waals surface area contributed by atoms with Gasteiger partial charge >= 0.3 is 0 Å². The maximum Gasteiger partial charge on any atom is 0.182 e. The molecule has 27 heavy (non-hydrogen) atoms. The predicted octanol–water partition coefficient (Wildman–Crippen LogP) is 3.61. The molecule has 130 valence electrons. The summed E-state index contributed by atoms with van der Waals surface area (Å²) in [5, 5.41) is 9.92. The average molecular weight is 371 g/mol. The number of carbonyl (C=O) groups excluding carboxylic acids is 1. The largest absolute Gasteiger partial charge is 0.396 e. The average Bonchev–Trinajstić information content (AvgIpc) is 2.71. The number of carbonyl (C=O) groups is 1. The predicted molar refractivity (Wildman–Crippen MR) is 105 cm³/mol. The van der Waals surface area contributed by atoms with Crippen LogP contribution in [0.2, 0.25) is 0 Å². The first-order valence-electron chi connectivity index (χ1n) is 8.14. The number of nitrogens with two attached hydrogens (primary N) is 1. The molecule has 0 saturated heterocycles. The molecule has 0 saturated carbocycles. The minimum absolute atomic E-state index is 0.0467. The summed E-state index contributed by atoms with van der Waals surface area (Å²) in [6.07, 6.45) is 0. The number of thioether (sulfide) groups is 1. The second-order valence-corrected chi connectivity index (χ2v) is 6.74. The van der Waals surface area contributed by atoms with E-state index in [0.29, 0.717) is 32.8 Å². The highest BCUT2D eigenvalue weighted by molar-refractivity contribution is 8.00. The Bertz CT molecular complexity index is 1220. The van der Waals surface area contributed by atoms with Crippen molar-refractivity contribution < 1.29 is 4.79 Å². The minimum atomic E-state index is -0.0467. The van der Waals surface area contributed by atoms with E-state index in [9.17, 15) is 10.1 Å². The van der Waals surface area contributed by atoms with E-state index in [0.717, 1.165) is 0 Å². The van der Waals surface area contributed by atoms with Gasteiger partial charge in [0, 0.05) is 5.56 Å². The molecule has 4 rings (SSSR count). The maximum atomic E-state index is 12.4. The molecule has 0 aliphatic heterocycles. The molecule has 2 N–H and O–H groups in total. The Morgan fingerprint density at radius 2 is 1.67 bits per heavy atom. The molecule has 0 aliphatic carbocycles. The van der Waals surface area contributed by atoms with Gasteiger partial charge in [0.25, 0.3) is 0 Å². The van der Waals surface area contributed by atoms with Crippen LogP contribution in [-0.2, 0) is 0 Å². The van der Waals surface area contributed by atoms with Crippen molar-refractivity contribution in [2.24, 2.45) is 0 Å². The van der Waals surface area contributed by atoms with Crippen LogP contribution in [0.4, 0.5) is 5.69 Å². The number of para-hydroxylation sites is 2. The molecule has 4 aromatic rings. The Morgan fingerprint density at radius 3 is 2.37 bits per heavy atom. The van der Waals surface area contributed by atoms with Gasteiger partial charge < -0.3 is 5.73 Å². The second kappa shape index (κ2) is 7.02. The molecule has 6 nitrogen and oxygen atoms in total. The Balaban J connectivity index is 1.74. The van der Waals surface area contributed by atoms with Crippen LogP contribution < -0.4 is 5.73 Å². The lowest BCUT2D eigenvalue weighted by molar-refractivity contribution is 0.102. The molecule has 0 amide bonds. The van der Waals surface area contributed by atoms with Crippen molar-refractivity contribution in [3.05, 3.63) is 65.7 Å². The van der Waals surface area contributed by atoms with Gasteiger partial charge in [-0.05, 0) is 12.1 Å². The highest BCUT2D eigenvalue weighted by Gasteiger charge is 2.17. The lowest BCUT2D eigenvalue weighted by Gasteiger charge is -2.09. The van der Waals surface area contributed by atoms with Crippen LogP contribution in [0.1, 0.15) is 15.9 Å². The van der Waals surface area contributed by atoms with E-state index in [-0.39, 0.29) is 22.8 Å². The minimum Gasteiger partial charge on any atom is -0.396 e. The maximum absolute atomic E-state index is 12.4. The lowest BCUT2D eigenvalue weighted by atomic mass is 10.2. The van der Waals surface area contributed by atoms with E-state index >= 15 is 0 Å². The highest BCUT2D eigenvalue weighted by Crippen LogP contribution is 2.30. The number of aromatic nitrogens is 3. The molecule has 0 fully saturated rings. The molecule has 7 heteroatoms. The van der Waals surface area contributed by atoms with Gasteiger partial charge in [0.1, 0.15) is 22.2 Å². The number of hydrogen-bond donors (Lipinski definition) is 1. The number of nitrogens with zero attached hydrogens (tertiary/aromatic N) is 4. The van der Waals surface area contributed by atoms with Crippen molar-refractivity contribution in [3.63, 3.8) is 0 Å². The van der Waals surface area contributed by atoms with Gasteiger partial charge in [0.15, 0.2) is 11.4 Å². The zero-order valence-electron chi connectivity index (χ0n) is 14.1. The first-order valence-corrected chi connectivity index (χ1v) is 9.13. The summed E-state index contributed by atoms with van der Waals surface area (Å²) in [6, 6.07) is 18.5. The van der Waals surface area contributed by atoms with Gasteiger partial charge in [0.05, 0.1) is 22.5 Å². The Labute approximate surface area is 159 Å². The monoisotopic (exact) mass is 371 g/mol. The van der Waals surface area contributed by atoms with Crippen LogP contribution in [-0.4, -0.2) is 26.5 Å². The normalized spacial score (nSPS) is 10.8. The number of Topliss-reactive ketones (excluding diaryl/α,β-unsaturated/α-hetero) is 1. The van der Waals surface area contributed by atoms with E-state index in [1.54, 1.807) is 12.1 Å². The number of anilines is 1. The summed E-state index contributed by atoms with van der Waals surface area (Å²) in [6.45, 7) is 0. The van der Waals surface area contributed by atoms with Gasteiger partial charge in [-0.2, -0.15) is 5.26 Å². The molecule has 0 bridgehead atoms. The van der Waals surface area contributed by atoms with Crippen LogP contribution in [0.5, 0.6) is 0 Å². The molecular formula is C20H13N5OS. The molecular weight excluding hydrogens is 358 g/mol. The van der Waals surface area contributed by atoms with E-state index < -0.39 is 0 Å². The molecule has 0 aliphatic rings. The molecule has 2 aromatic heterocycles. The lowest BCUT2D eigenvalue weighted by Crippen LogP contribution is -2.05. The van der Waals surface area contributed by atoms with E-state index in [4.69, 9.17) is 5.73 Å². The third kappa shape index (κ3) is 3.18. The molecule has 0 radical (unpaired) electrons. The molecule has 0 unspecified atom stereocenters. The number of pyridine rings is 1. The van der Waals surface area contributed by atoms with Crippen molar-refractivity contribution in [1.82, 2.24) is 15.0 Å². The van der Waals surface area contributed by atoms with Gasteiger partial charge in [-0.15, -0.1) is 0 Å². The zero-order chi connectivity index (χ0) is 18.8. The van der Waals surface area contributed by atoms with E-state index in [1.165, 1.54) is 11.8 Å². The number of fused-ring (bicyclic) bond motifs is 2. The Hall–Kier alpha value is -3.50. The number of nitriles is 1. The summed E-state index contributed by atoms with van der Waals surface area (Å²) >= 11 is 1.18. The zero-order valence-corrected chi connectivity index (χ0v) is 14.9. The number of ketones is 1. The Kier molecular flexibility index (Phi) is 4.40. The number of nitrogen functional groups attached to an aromatic ring is 1. The number of rotatable bonds is 4. The fourth-order valence-electron chi connectivity index (χ4n) is 2.69. The topological polar surface area (TPSA) is 106 Å². The molecule has 0 atom stereocenters. The van der Waals surface area contributed by atoms with Crippen molar-refractivity contribution in [3.8, 4) is 6.07 Å². The van der Waals surface area contributed by atoms with Crippen LogP contribution in [0.3, 0.4) is 0 Å². The highest BCUT2D eigenvalue weighted by atomic mass is 32.2. The van der Waals surface area contributed by atoms with Crippen molar-refractivity contribution in [1.29, 1.82) is 5.26 Å². The van der Waals surface area contributed by atoms with Crippen LogP contribution in [0.25, 0.3) is 22.2 Å². The standard InChI is InChI=1S/C20H13N5OS/c21-10-13-17(22)18-19(24-15-9-5-4-8-14(15)23-18)25-20(13)27-11-16(26)12-6-2-1-3-7-12/h1-9H,11H2,(H2,22,24,25). The first-order chi connectivity index (χ1) is 13.2. The van der Waals surface area contributed by atoms with Crippen molar-refractivity contribution >= 4 is 45.4 Å². The quantitative estimate of drug-likeness (QED) is 0.332. The van der Waals surface area contributed by atoms with E-state index in [1.807, 2.05) is 42.5 Å². The third-order valence-electron chi connectivity index (χ3n) is 4.05. The fraction of sp³-hybridized carbons (Fsp3) is 0.0500. The molecule has 2 aromatic carbocycles. The van der Waals surface area contributed by atoms with Crippen molar-refractivity contribution in [2.45, 2.75) is 5.03 Å². The second-order valence-electron chi connectivity index (χ2n) is 5.78. The van der Waals surface area contributed by atoms with Crippen LogP contribution in [0, 0.1) is 11.3 Å². The summed E-state index contributed by atoms with van der Waals surface area (Å²) in [5.41, 5.74) is 9.37. The fourth-order valence-corrected chi connectivity index (χ4v) is 3.57. The number of benzene rings is 2. The van der Waals surface area contributed by atoms with Gasteiger partial charge in [-0.25, -0.2) is 15.0 Å². The summed E-state index contributed by atoms with van der Waals surface area (Å²) in [4.78, 5) is 25.8. The van der Waals surface area contributed by atoms with Gasteiger partial charge in [-0.3, -0.25) is 4.79 Å². The number of hydrogen-bond acceptors (Lipinski definition) is 7. The smallest absolute Gasteiger partial charge is 0.182 e. The molecule has 0 spiro atoms.